The van der Waals surface area contributed by atoms with Gasteiger partial charge in [0.25, 0.3) is 0 Å². The van der Waals surface area contributed by atoms with Crippen LogP contribution in [0.25, 0.3) is 0 Å². The Kier molecular flexibility index (Phi) is 7.43. The highest BCUT2D eigenvalue weighted by Crippen LogP contribution is 2.24. The van der Waals surface area contributed by atoms with Gasteiger partial charge in [-0.25, -0.2) is 0 Å². The minimum Gasteiger partial charge on any atom is -0.480 e. The van der Waals surface area contributed by atoms with Crippen LogP contribution in [0.4, 0.5) is 0 Å². The number of aliphatic carboxylic acids is 1. The Bertz CT molecular complexity index is 363. The van der Waals surface area contributed by atoms with Gasteiger partial charge in [-0.2, -0.15) is 0 Å². The molecule has 0 radical (unpaired) electrons. The molecule has 1 amide bonds. The molecule has 5 nitrogen and oxygen atoms in total. The van der Waals surface area contributed by atoms with E-state index in [2.05, 4.69) is 6.58 Å². The normalized spacial score (nSPS) is 16.2. The standard InChI is InChI=1S/C16H28N2O3/c1-4-10-17(12-16(20)21)11-15(19)18(13(2)3)14-8-6-5-7-9-14/h4,13-14H,1,5-12H2,2-3H3,(H,20,21). The van der Waals surface area contributed by atoms with E-state index < -0.39 is 5.97 Å². The summed E-state index contributed by atoms with van der Waals surface area (Å²) in [6, 6.07) is 0.456. The number of carboxylic acids is 1. The fourth-order valence-electron chi connectivity index (χ4n) is 3.10. The van der Waals surface area contributed by atoms with E-state index in [4.69, 9.17) is 5.11 Å². The zero-order chi connectivity index (χ0) is 15.8. The molecular weight excluding hydrogens is 268 g/mol. The molecule has 0 aromatic heterocycles. The molecule has 0 unspecified atom stereocenters. The quantitative estimate of drug-likeness (QED) is 0.697. The van der Waals surface area contributed by atoms with Gasteiger partial charge in [0.1, 0.15) is 0 Å². The second-order valence-electron chi connectivity index (χ2n) is 6.04. The van der Waals surface area contributed by atoms with E-state index in [1.807, 2.05) is 18.7 Å². The lowest BCUT2D eigenvalue weighted by Gasteiger charge is -2.38. The third-order valence-electron chi connectivity index (χ3n) is 3.92. The predicted molar refractivity (Wildman–Crippen MR) is 83.1 cm³/mol. The summed E-state index contributed by atoms with van der Waals surface area (Å²) in [4.78, 5) is 27.1. The van der Waals surface area contributed by atoms with E-state index in [9.17, 15) is 9.59 Å². The van der Waals surface area contributed by atoms with Crippen LogP contribution < -0.4 is 0 Å². The van der Waals surface area contributed by atoms with Gasteiger partial charge >= 0.3 is 5.97 Å². The number of hydrogen-bond acceptors (Lipinski definition) is 3. The van der Waals surface area contributed by atoms with Gasteiger partial charge in [-0.15, -0.1) is 6.58 Å². The molecule has 0 spiro atoms. The third kappa shape index (κ3) is 5.87. The highest BCUT2D eigenvalue weighted by atomic mass is 16.4. The summed E-state index contributed by atoms with van der Waals surface area (Å²) in [5.41, 5.74) is 0. The van der Waals surface area contributed by atoms with E-state index in [-0.39, 0.29) is 25.0 Å². The molecular formula is C16H28N2O3. The maximum absolute atomic E-state index is 12.6. The minimum absolute atomic E-state index is 0.0278. The van der Waals surface area contributed by atoms with Crippen molar-refractivity contribution < 1.29 is 14.7 Å². The van der Waals surface area contributed by atoms with Crippen molar-refractivity contribution >= 4 is 11.9 Å². The molecule has 120 valence electrons. The lowest BCUT2D eigenvalue weighted by atomic mass is 9.93. The molecule has 0 atom stereocenters. The maximum Gasteiger partial charge on any atom is 0.317 e. The zero-order valence-corrected chi connectivity index (χ0v) is 13.3. The van der Waals surface area contributed by atoms with Crippen molar-refractivity contribution in [2.24, 2.45) is 0 Å². The summed E-state index contributed by atoms with van der Waals surface area (Å²) in [7, 11) is 0. The molecule has 1 fully saturated rings. The molecule has 1 aliphatic rings. The van der Waals surface area contributed by atoms with Crippen LogP contribution in [0.3, 0.4) is 0 Å². The second-order valence-corrected chi connectivity index (χ2v) is 6.04. The number of nitrogens with zero attached hydrogens (tertiary/aromatic N) is 2. The van der Waals surface area contributed by atoms with Gasteiger partial charge in [-0.1, -0.05) is 25.3 Å². The van der Waals surface area contributed by atoms with Crippen LogP contribution in [0.5, 0.6) is 0 Å². The number of carbonyl (C=O) groups excluding carboxylic acids is 1. The second kappa shape index (κ2) is 8.82. The summed E-state index contributed by atoms with van der Waals surface area (Å²) >= 11 is 0. The van der Waals surface area contributed by atoms with Crippen LogP contribution in [0, 0.1) is 0 Å². The van der Waals surface area contributed by atoms with Gasteiger partial charge in [0.2, 0.25) is 5.91 Å². The van der Waals surface area contributed by atoms with Gasteiger partial charge < -0.3 is 10.0 Å². The molecule has 0 saturated heterocycles. The summed E-state index contributed by atoms with van der Waals surface area (Å²) < 4.78 is 0. The Morgan fingerprint density at radius 1 is 1.24 bits per heavy atom. The SMILES string of the molecule is C=CCN(CC(=O)O)CC(=O)N(C(C)C)C1CCCCC1. The van der Waals surface area contributed by atoms with Crippen molar-refractivity contribution in [2.75, 3.05) is 19.6 Å². The number of carbonyl (C=O) groups is 2. The monoisotopic (exact) mass is 296 g/mol. The first-order valence-electron chi connectivity index (χ1n) is 7.82. The molecule has 0 aliphatic heterocycles. The number of rotatable bonds is 8. The molecule has 1 saturated carbocycles. The molecule has 1 rings (SSSR count). The zero-order valence-electron chi connectivity index (χ0n) is 13.3. The Hall–Kier alpha value is -1.36. The van der Waals surface area contributed by atoms with E-state index in [1.54, 1.807) is 11.0 Å². The first-order valence-corrected chi connectivity index (χ1v) is 7.82. The predicted octanol–water partition coefficient (Wildman–Crippen LogP) is 2.13. The fraction of sp³-hybridized carbons (Fsp3) is 0.750. The first kappa shape index (κ1) is 17.7. The molecule has 21 heavy (non-hydrogen) atoms. The Labute approximate surface area is 127 Å². The van der Waals surface area contributed by atoms with Crippen LogP contribution in [-0.2, 0) is 9.59 Å². The topological polar surface area (TPSA) is 60.9 Å². The summed E-state index contributed by atoms with van der Waals surface area (Å²) in [5.74, 6) is -0.890. The maximum atomic E-state index is 12.6. The molecule has 0 bridgehead atoms. The van der Waals surface area contributed by atoms with Crippen molar-refractivity contribution in [3.8, 4) is 0 Å². The van der Waals surface area contributed by atoms with Gasteiger partial charge in [0, 0.05) is 18.6 Å². The Morgan fingerprint density at radius 3 is 2.33 bits per heavy atom. The fourth-order valence-corrected chi connectivity index (χ4v) is 3.10. The highest BCUT2D eigenvalue weighted by Gasteiger charge is 2.28. The lowest BCUT2D eigenvalue weighted by molar-refractivity contribution is -0.141. The molecule has 0 aromatic rings. The molecule has 0 aromatic carbocycles. The van der Waals surface area contributed by atoms with E-state index in [1.165, 1.54) is 19.3 Å². The van der Waals surface area contributed by atoms with Crippen LogP contribution >= 0.6 is 0 Å². The van der Waals surface area contributed by atoms with Crippen molar-refractivity contribution in [3.63, 3.8) is 0 Å². The molecule has 1 aliphatic carbocycles. The van der Waals surface area contributed by atoms with Gasteiger partial charge in [0.05, 0.1) is 13.1 Å². The lowest BCUT2D eigenvalue weighted by Crippen LogP contribution is -2.50. The van der Waals surface area contributed by atoms with Gasteiger partial charge in [-0.3, -0.25) is 14.5 Å². The Morgan fingerprint density at radius 2 is 1.86 bits per heavy atom. The van der Waals surface area contributed by atoms with Crippen LogP contribution in [0.1, 0.15) is 46.0 Å². The number of hydrogen-bond donors (Lipinski definition) is 1. The van der Waals surface area contributed by atoms with E-state index >= 15 is 0 Å². The van der Waals surface area contributed by atoms with Crippen LogP contribution in [0.15, 0.2) is 12.7 Å². The van der Waals surface area contributed by atoms with Gasteiger partial charge in [-0.05, 0) is 26.7 Å². The average molecular weight is 296 g/mol. The number of amides is 1. The highest BCUT2D eigenvalue weighted by molar-refractivity contribution is 5.80. The number of carboxylic acid groups (broad SMARTS) is 1. The molecule has 0 heterocycles. The average Bonchev–Trinajstić information content (AvgIpc) is 2.39. The van der Waals surface area contributed by atoms with E-state index in [0.717, 1.165) is 12.8 Å². The summed E-state index contributed by atoms with van der Waals surface area (Å²) in [6.45, 7) is 8.11. The van der Waals surface area contributed by atoms with Crippen LogP contribution in [-0.4, -0.2) is 58.5 Å². The summed E-state index contributed by atoms with van der Waals surface area (Å²) in [5, 5.41) is 8.92. The van der Waals surface area contributed by atoms with Gasteiger partial charge in [0.15, 0.2) is 0 Å². The third-order valence-corrected chi connectivity index (χ3v) is 3.92. The largest absolute Gasteiger partial charge is 0.480 e. The van der Waals surface area contributed by atoms with Crippen molar-refractivity contribution in [2.45, 2.75) is 58.0 Å². The molecule has 5 heteroatoms. The van der Waals surface area contributed by atoms with Crippen molar-refractivity contribution in [3.05, 3.63) is 12.7 Å². The summed E-state index contributed by atoms with van der Waals surface area (Å²) in [6.07, 6.45) is 7.35. The van der Waals surface area contributed by atoms with Crippen molar-refractivity contribution in [1.29, 1.82) is 0 Å². The van der Waals surface area contributed by atoms with Crippen molar-refractivity contribution in [1.82, 2.24) is 9.80 Å². The molecule has 1 N–H and O–H groups in total. The van der Waals surface area contributed by atoms with Crippen LogP contribution in [0.2, 0.25) is 0 Å². The Balaban J connectivity index is 2.69. The smallest absolute Gasteiger partial charge is 0.317 e. The first-order chi connectivity index (χ1) is 9.95. The minimum atomic E-state index is -0.918. The van der Waals surface area contributed by atoms with E-state index in [0.29, 0.717) is 12.6 Å².